The molecular weight excluding hydrogens is 437 g/mol. The molecule has 172 valence electrons. The summed E-state index contributed by atoms with van der Waals surface area (Å²) in [6.07, 6.45) is 2.22. The molecule has 0 aliphatic rings. The number of nitrogens with zero attached hydrogens (tertiary/aromatic N) is 4. The summed E-state index contributed by atoms with van der Waals surface area (Å²) in [4.78, 5) is 16.8. The number of carbonyl (C=O) groups is 1. The van der Waals surface area contributed by atoms with E-state index < -0.39 is 0 Å². The largest absolute Gasteiger partial charge is 0.352 e. The molecule has 1 N–H and O–H groups in total. The van der Waals surface area contributed by atoms with Crippen LogP contribution >= 0.6 is 11.8 Å². The van der Waals surface area contributed by atoms with Crippen LogP contribution < -0.4 is 5.32 Å². The van der Waals surface area contributed by atoms with Gasteiger partial charge in [-0.1, -0.05) is 42.1 Å². The zero-order valence-electron chi connectivity index (χ0n) is 19.1. The fraction of sp³-hybridized carbons (Fsp3) is 0.360. The third-order valence-electron chi connectivity index (χ3n) is 5.15. The second-order valence-corrected chi connectivity index (χ2v) is 10.2. The molecule has 0 atom stereocenters. The third-order valence-corrected chi connectivity index (χ3v) is 6.08. The number of hydrogen-bond donors (Lipinski definition) is 1. The van der Waals surface area contributed by atoms with Gasteiger partial charge in [0.1, 0.15) is 11.3 Å². The molecule has 1 amide bonds. The number of halogens is 1. The number of rotatable bonds is 8. The molecule has 0 spiro atoms. The quantitative estimate of drug-likeness (QED) is 0.281. The number of aromatic nitrogens is 4. The van der Waals surface area contributed by atoms with Crippen molar-refractivity contribution < 1.29 is 9.18 Å². The molecule has 0 radical (unpaired) electrons. The summed E-state index contributed by atoms with van der Waals surface area (Å²) in [5.41, 5.74) is 3.33. The molecule has 2 aromatic heterocycles. The van der Waals surface area contributed by atoms with Crippen molar-refractivity contribution in [1.82, 2.24) is 25.1 Å². The molecule has 0 fully saturated rings. The summed E-state index contributed by atoms with van der Waals surface area (Å²) in [6.45, 7) is 6.51. The van der Waals surface area contributed by atoms with Crippen LogP contribution in [-0.2, 0) is 11.3 Å². The van der Waals surface area contributed by atoms with E-state index in [0.717, 1.165) is 46.2 Å². The number of benzene rings is 2. The number of fused-ring (bicyclic) bond motifs is 3. The number of nitrogens with one attached hydrogen (secondary N) is 1. The van der Waals surface area contributed by atoms with Gasteiger partial charge in [-0.05, 0) is 57.4 Å². The number of unbranched alkanes of at least 4 members (excludes halogenated alkanes) is 1. The molecule has 0 aliphatic heterocycles. The first-order chi connectivity index (χ1) is 15.8. The van der Waals surface area contributed by atoms with E-state index >= 15 is 0 Å². The number of thioether (sulfide) groups is 1. The minimum atomic E-state index is -0.250. The monoisotopic (exact) mass is 465 g/mol. The fourth-order valence-corrected chi connectivity index (χ4v) is 4.50. The van der Waals surface area contributed by atoms with Gasteiger partial charge in [-0.3, -0.25) is 4.79 Å². The molecule has 2 aromatic carbocycles. The van der Waals surface area contributed by atoms with Gasteiger partial charge in [0.25, 0.3) is 0 Å². The Bertz CT molecular complexity index is 1260. The molecule has 4 aromatic rings. The maximum Gasteiger partial charge on any atom is 0.220 e. The number of hydrogen-bond acceptors (Lipinski definition) is 5. The van der Waals surface area contributed by atoms with Gasteiger partial charge in [-0.15, -0.1) is 10.2 Å². The average molecular weight is 466 g/mol. The standard InChI is InChI=1S/C25H28FN5OS/c1-25(2,3)28-21(32)10-6-7-15-33-24-27-23-22(29-30-24)19-8-4-5-9-20(19)31(23)16-17-11-13-18(26)14-12-17/h4-5,8-9,11-14H,6-7,10,15-16H2,1-3H3,(H,28,32). The minimum Gasteiger partial charge on any atom is -0.352 e. The van der Waals surface area contributed by atoms with Crippen LogP contribution in [0.2, 0.25) is 0 Å². The minimum absolute atomic E-state index is 0.0807. The van der Waals surface area contributed by atoms with Crippen molar-refractivity contribution in [1.29, 1.82) is 0 Å². The van der Waals surface area contributed by atoms with Crippen molar-refractivity contribution in [2.24, 2.45) is 0 Å². The van der Waals surface area contributed by atoms with Crippen LogP contribution in [0.25, 0.3) is 22.1 Å². The molecule has 0 unspecified atom stereocenters. The van der Waals surface area contributed by atoms with E-state index in [0.29, 0.717) is 18.1 Å². The van der Waals surface area contributed by atoms with E-state index in [-0.39, 0.29) is 17.3 Å². The van der Waals surface area contributed by atoms with Crippen molar-refractivity contribution in [2.45, 2.75) is 57.3 Å². The van der Waals surface area contributed by atoms with Crippen LogP contribution in [0.4, 0.5) is 4.39 Å². The van der Waals surface area contributed by atoms with E-state index in [1.807, 2.05) is 45.0 Å². The molecule has 0 aliphatic carbocycles. The van der Waals surface area contributed by atoms with E-state index in [4.69, 9.17) is 4.98 Å². The van der Waals surface area contributed by atoms with Gasteiger partial charge in [0.15, 0.2) is 5.65 Å². The first kappa shape index (κ1) is 23.2. The highest BCUT2D eigenvalue weighted by molar-refractivity contribution is 7.99. The average Bonchev–Trinajstić information content (AvgIpc) is 3.07. The summed E-state index contributed by atoms with van der Waals surface area (Å²) in [7, 11) is 0. The Kier molecular flexibility index (Phi) is 6.93. The Morgan fingerprint density at radius 2 is 1.82 bits per heavy atom. The molecule has 2 heterocycles. The van der Waals surface area contributed by atoms with Crippen molar-refractivity contribution in [3.8, 4) is 0 Å². The van der Waals surface area contributed by atoms with Gasteiger partial charge in [0, 0.05) is 29.6 Å². The summed E-state index contributed by atoms with van der Waals surface area (Å²) >= 11 is 1.55. The Morgan fingerprint density at radius 3 is 2.58 bits per heavy atom. The van der Waals surface area contributed by atoms with Crippen LogP contribution in [0.3, 0.4) is 0 Å². The van der Waals surface area contributed by atoms with Crippen molar-refractivity contribution >= 4 is 39.7 Å². The Balaban J connectivity index is 1.48. The lowest BCUT2D eigenvalue weighted by atomic mass is 10.1. The van der Waals surface area contributed by atoms with Gasteiger partial charge in [-0.2, -0.15) is 0 Å². The first-order valence-corrected chi connectivity index (χ1v) is 12.1. The zero-order valence-corrected chi connectivity index (χ0v) is 20.0. The molecular formula is C25H28FN5OS. The molecule has 0 saturated heterocycles. The molecule has 33 heavy (non-hydrogen) atoms. The maximum atomic E-state index is 13.4. The lowest BCUT2D eigenvalue weighted by Gasteiger charge is -2.20. The number of para-hydroxylation sites is 1. The Hall–Kier alpha value is -3.00. The molecule has 0 saturated carbocycles. The topological polar surface area (TPSA) is 72.7 Å². The van der Waals surface area contributed by atoms with Crippen LogP contribution in [0.5, 0.6) is 0 Å². The van der Waals surface area contributed by atoms with Gasteiger partial charge < -0.3 is 9.88 Å². The van der Waals surface area contributed by atoms with Crippen LogP contribution in [0.15, 0.2) is 53.7 Å². The van der Waals surface area contributed by atoms with Gasteiger partial charge in [0.2, 0.25) is 11.1 Å². The second kappa shape index (κ2) is 9.87. The van der Waals surface area contributed by atoms with Gasteiger partial charge in [0.05, 0.1) is 5.52 Å². The van der Waals surface area contributed by atoms with Crippen molar-refractivity contribution in [3.05, 3.63) is 59.9 Å². The van der Waals surface area contributed by atoms with Crippen LogP contribution in [0, 0.1) is 5.82 Å². The van der Waals surface area contributed by atoms with Crippen molar-refractivity contribution in [2.75, 3.05) is 5.75 Å². The SMILES string of the molecule is CC(C)(C)NC(=O)CCCCSc1nnc2c3ccccc3n(Cc3ccc(F)cc3)c2n1. The van der Waals surface area contributed by atoms with Gasteiger partial charge >= 0.3 is 0 Å². The third kappa shape index (κ3) is 5.87. The Labute approximate surface area is 197 Å². The van der Waals surface area contributed by atoms with E-state index in [1.54, 1.807) is 23.9 Å². The predicted octanol–water partition coefficient (Wildman–Crippen LogP) is 5.34. The molecule has 0 bridgehead atoms. The molecule has 6 nitrogen and oxygen atoms in total. The second-order valence-electron chi connectivity index (χ2n) is 9.10. The number of amides is 1. The van der Waals surface area contributed by atoms with Crippen LogP contribution in [-0.4, -0.2) is 36.9 Å². The molecule has 4 rings (SSSR count). The highest BCUT2D eigenvalue weighted by Crippen LogP contribution is 2.28. The van der Waals surface area contributed by atoms with Crippen LogP contribution in [0.1, 0.15) is 45.6 Å². The maximum absolute atomic E-state index is 13.4. The first-order valence-electron chi connectivity index (χ1n) is 11.1. The smallest absolute Gasteiger partial charge is 0.220 e. The molecule has 8 heteroatoms. The fourth-order valence-electron chi connectivity index (χ4n) is 3.71. The van der Waals surface area contributed by atoms with Gasteiger partial charge in [-0.25, -0.2) is 9.37 Å². The summed E-state index contributed by atoms with van der Waals surface area (Å²) in [5.74, 6) is 0.644. The predicted molar refractivity (Wildman–Crippen MR) is 131 cm³/mol. The lowest BCUT2D eigenvalue weighted by Crippen LogP contribution is -2.40. The Morgan fingerprint density at radius 1 is 1.06 bits per heavy atom. The summed E-state index contributed by atoms with van der Waals surface area (Å²) in [6, 6.07) is 14.5. The van der Waals surface area contributed by atoms with E-state index in [1.165, 1.54) is 12.1 Å². The highest BCUT2D eigenvalue weighted by atomic mass is 32.2. The zero-order chi connectivity index (χ0) is 23.4. The number of carbonyl (C=O) groups excluding carboxylic acids is 1. The van der Waals surface area contributed by atoms with E-state index in [9.17, 15) is 9.18 Å². The van der Waals surface area contributed by atoms with Crippen molar-refractivity contribution in [3.63, 3.8) is 0 Å². The lowest BCUT2D eigenvalue weighted by molar-refractivity contribution is -0.122. The van der Waals surface area contributed by atoms with E-state index in [2.05, 4.69) is 20.1 Å². The summed E-state index contributed by atoms with van der Waals surface area (Å²) in [5, 5.41) is 13.4. The summed E-state index contributed by atoms with van der Waals surface area (Å²) < 4.78 is 15.5. The normalized spacial score (nSPS) is 11.9. The highest BCUT2D eigenvalue weighted by Gasteiger charge is 2.16.